The van der Waals surface area contributed by atoms with Crippen molar-refractivity contribution in [2.24, 2.45) is 0 Å². The van der Waals surface area contributed by atoms with Gasteiger partial charge in [-0.05, 0) is 50.8 Å². The minimum Gasteiger partial charge on any atom is -0.486 e. The van der Waals surface area contributed by atoms with E-state index in [0.29, 0.717) is 0 Å². The number of rotatable bonds is 3. The Bertz CT molecular complexity index is 407. The minimum atomic E-state index is -0.488. The lowest BCUT2D eigenvalue weighted by Crippen LogP contribution is -2.17. The van der Waals surface area contributed by atoms with Crippen LogP contribution >= 0.6 is 0 Å². The van der Waals surface area contributed by atoms with Crippen LogP contribution in [0.1, 0.15) is 43.4 Å². The van der Waals surface area contributed by atoms with Gasteiger partial charge in [0.2, 0.25) is 0 Å². The number of hydrogen-bond acceptors (Lipinski definition) is 2. The second-order valence-electron chi connectivity index (χ2n) is 4.73. The SMILES string of the molecule is Cc1ccc([C@@H](C)O)c(OC2C=CCCC2)c1. The van der Waals surface area contributed by atoms with E-state index >= 15 is 0 Å². The molecule has 0 saturated carbocycles. The highest BCUT2D eigenvalue weighted by molar-refractivity contribution is 5.38. The number of aryl methyl sites for hydroxylation is 1. The van der Waals surface area contributed by atoms with Gasteiger partial charge in [0, 0.05) is 5.56 Å². The van der Waals surface area contributed by atoms with Crippen LogP contribution in [0.15, 0.2) is 30.4 Å². The fourth-order valence-electron chi connectivity index (χ4n) is 2.13. The number of allylic oxidation sites excluding steroid dienone is 1. The van der Waals surface area contributed by atoms with Gasteiger partial charge < -0.3 is 9.84 Å². The van der Waals surface area contributed by atoms with Crippen molar-refractivity contribution in [3.05, 3.63) is 41.5 Å². The molecule has 0 fully saturated rings. The Balaban J connectivity index is 2.20. The zero-order valence-electron chi connectivity index (χ0n) is 10.5. The predicted octanol–water partition coefficient (Wildman–Crippen LogP) is 3.54. The van der Waals surface area contributed by atoms with E-state index in [1.165, 1.54) is 6.42 Å². The second-order valence-corrected chi connectivity index (χ2v) is 4.73. The summed E-state index contributed by atoms with van der Waals surface area (Å²) in [7, 11) is 0. The Morgan fingerprint density at radius 3 is 2.88 bits per heavy atom. The molecule has 0 saturated heterocycles. The van der Waals surface area contributed by atoms with Gasteiger partial charge in [0.15, 0.2) is 0 Å². The van der Waals surface area contributed by atoms with Gasteiger partial charge in [0.05, 0.1) is 6.10 Å². The van der Waals surface area contributed by atoms with Gasteiger partial charge in [0.1, 0.15) is 11.9 Å². The fraction of sp³-hybridized carbons (Fsp3) is 0.467. The van der Waals surface area contributed by atoms with E-state index in [1.54, 1.807) is 6.92 Å². The zero-order chi connectivity index (χ0) is 12.3. The van der Waals surface area contributed by atoms with Crippen molar-refractivity contribution in [3.63, 3.8) is 0 Å². The average molecular weight is 232 g/mol. The Kier molecular flexibility index (Phi) is 3.85. The van der Waals surface area contributed by atoms with E-state index in [9.17, 15) is 5.11 Å². The lowest BCUT2D eigenvalue weighted by atomic mass is 10.0. The lowest BCUT2D eigenvalue weighted by Gasteiger charge is -2.21. The van der Waals surface area contributed by atoms with Gasteiger partial charge in [-0.3, -0.25) is 0 Å². The monoisotopic (exact) mass is 232 g/mol. The topological polar surface area (TPSA) is 29.5 Å². The highest BCUT2D eigenvalue weighted by Crippen LogP contribution is 2.28. The molecule has 0 spiro atoms. The Morgan fingerprint density at radius 2 is 2.24 bits per heavy atom. The molecule has 1 aliphatic rings. The largest absolute Gasteiger partial charge is 0.486 e. The number of hydrogen-bond donors (Lipinski definition) is 1. The molecule has 2 heteroatoms. The number of benzene rings is 1. The second kappa shape index (κ2) is 5.37. The zero-order valence-corrected chi connectivity index (χ0v) is 10.5. The van der Waals surface area contributed by atoms with Crippen LogP contribution in [0.4, 0.5) is 0 Å². The molecule has 0 heterocycles. The van der Waals surface area contributed by atoms with Crippen molar-refractivity contribution >= 4 is 0 Å². The van der Waals surface area contributed by atoms with Crippen molar-refractivity contribution < 1.29 is 9.84 Å². The maximum absolute atomic E-state index is 9.73. The summed E-state index contributed by atoms with van der Waals surface area (Å²) in [6, 6.07) is 5.96. The van der Waals surface area contributed by atoms with Gasteiger partial charge in [-0.25, -0.2) is 0 Å². The number of aliphatic hydroxyl groups excluding tert-OH is 1. The van der Waals surface area contributed by atoms with E-state index in [0.717, 1.165) is 29.7 Å². The molecule has 92 valence electrons. The summed E-state index contributed by atoms with van der Waals surface area (Å²) in [5, 5.41) is 9.73. The summed E-state index contributed by atoms with van der Waals surface area (Å²) in [5.41, 5.74) is 2.03. The Labute approximate surface area is 103 Å². The molecule has 0 aliphatic heterocycles. The van der Waals surface area contributed by atoms with Gasteiger partial charge >= 0.3 is 0 Å². The van der Waals surface area contributed by atoms with E-state index in [1.807, 2.05) is 25.1 Å². The van der Waals surface area contributed by atoms with Crippen LogP contribution in [-0.4, -0.2) is 11.2 Å². The lowest BCUT2D eigenvalue weighted by molar-refractivity contribution is 0.180. The van der Waals surface area contributed by atoms with Crippen molar-refractivity contribution in [2.45, 2.75) is 45.3 Å². The molecule has 0 aromatic heterocycles. The van der Waals surface area contributed by atoms with Gasteiger partial charge in [-0.1, -0.05) is 18.2 Å². The van der Waals surface area contributed by atoms with Crippen LogP contribution in [0.5, 0.6) is 5.75 Å². The summed E-state index contributed by atoms with van der Waals surface area (Å²) < 4.78 is 5.98. The standard InChI is InChI=1S/C15H20O2/c1-11-8-9-14(12(2)16)15(10-11)17-13-6-4-3-5-7-13/h4,6,8-10,12-13,16H,3,5,7H2,1-2H3/t12-,13?/m1/s1. The third-order valence-electron chi connectivity index (χ3n) is 3.11. The molecule has 2 atom stereocenters. The van der Waals surface area contributed by atoms with E-state index < -0.39 is 6.10 Å². The van der Waals surface area contributed by atoms with Crippen molar-refractivity contribution in [1.82, 2.24) is 0 Å². The van der Waals surface area contributed by atoms with Crippen LogP contribution in [-0.2, 0) is 0 Å². The van der Waals surface area contributed by atoms with Crippen LogP contribution in [0, 0.1) is 6.92 Å². The quantitative estimate of drug-likeness (QED) is 0.808. The molecule has 1 aromatic rings. The maximum atomic E-state index is 9.73. The number of aliphatic hydroxyl groups is 1. The first-order valence-corrected chi connectivity index (χ1v) is 6.29. The summed E-state index contributed by atoms with van der Waals surface area (Å²) in [6.07, 6.45) is 7.35. The van der Waals surface area contributed by atoms with Gasteiger partial charge in [-0.2, -0.15) is 0 Å². The molecule has 0 radical (unpaired) electrons. The minimum absolute atomic E-state index is 0.156. The molecule has 0 amide bonds. The molecule has 2 rings (SSSR count). The van der Waals surface area contributed by atoms with Crippen molar-refractivity contribution in [1.29, 1.82) is 0 Å². The highest BCUT2D eigenvalue weighted by atomic mass is 16.5. The first-order chi connectivity index (χ1) is 8.16. The predicted molar refractivity (Wildman–Crippen MR) is 69.2 cm³/mol. The highest BCUT2D eigenvalue weighted by Gasteiger charge is 2.14. The first-order valence-electron chi connectivity index (χ1n) is 6.29. The van der Waals surface area contributed by atoms with Crippen molar-refractivity contribution in [2.75, 3.05) is 0 Å². The molecule has 17 heavy (non-hydrogen) atoms. The van der Waals surface area contributed by atoms with Crippen LogP contribution < -0.4 is 4.74 Å². The van der Waals surface area contributed by atoms with Gasteiger partial charge in [0.25, 0.3) is 0 Å². The molecule has 1 N–H and O–H groups in total. The van der Waals surface area contributed by atoms with E-state index in [-0.39, 0.29) is 6.10 Å². The molecular weight excluding hydrogens is 212 g/mol. The third kappa shape index (κ3) is 3.10. The van der Waals surface area contributed by atoms with Crippen LogP contribution in [0.2, 0.25) is 0 Å². The summed E-state index contributed by atoms with van der Waals surface area (Å²) >= 11 is 0. The molecular formula is C15H20O2. The smallest absolute Gasteiger partial charge is 0.126 e. The summed E-state index contributed by atoms with van der Waals surface area (Å²) in [6.45, 7) is 3.81. The molecule has 1 aromatic carbocycles. The Morgan fingerprint density at radius 1 is 1.41 bits per heavy atom. The van der Waals surface area contributed by atoms with Crippen molar-refractivity contribution in [3.8, 4) is 5.75 Å². The molecule has 2 nitrogen and oxygen atoms in total. The van der Waals surface area contributed by atoms with E-state index in [4.69, 9.17) is 4.74 Å². The summed E-state index contributed by atoms with van der Waals surface area (Å²) in [5.74, 6) is 0.816. The first kappa shape index (κ1) is 12.2. The Hall–Kier alpha value is -1.28. The molecule has 1 aliphatic carbocycles. The average Bonchev–Trinajstić information content (AvgIpc) is 2.30. The fourth-order valence-corrected chi connectivity index (χ4v) is 2.13. The van der Waals surface area contributed by atoms with Crippen LogP contribution in [0.25, 0.3) is 0 Å². The number of ether oxygens (including phenoxy) is 1. The van der Waals surface area contributed by atoms with Gasteiger partial charge in [-0.15, -0.1) is 0 Å². The third-order valence-corrected chi connectivity index (χ3v) is 3.11. The normalized spacial score (nSPS) is 21.2. The summed E-state index contributed by atoms with van der Waals surface area (Å²) in [4.78, 5) is 0. The van der Waals surface area contributed by atoms with Crippen LogP contribution in [0.3, 0.4) is 0 Å². The molecule has 1 unspecified atom stereocenters. The van der Waals surface area contributed by atoms with E-state index in [2.05, 4.69) is 12.2 Å². The maximum Gasteiger partial charge on any atom is 0.126 e. The molecule has 0 bridgehead atoms.